The van der Waals surface area contributed by atoms with E-state index in [-0.39, 0.29) is 0 Å². The van der Waals surface area contributed by atoms with E-state index < -0.39 is 0 Å². The lowest BCUT2D eigenvalue weighted by Gasteiger charge is -2.22. The van der Waals surface area contributed by atoms with Crippen LogP contribution in [0.25, 0.3) is 0 Å². The second-order valence-corrected chi connectivity index (χ2v) is 4.39. The van der Waals surface area contributed by atoms with Gasteiger partial charge in [-0.05, 0) is 30.7 Å². The van der Waals surface area contributed by atoms with Crippen molar-refractivity contribution in [3.8, 4) is 5.75 Å². The lowest BCUT2D eigenvalue weighted by Crippen LogP contribution is -2.15. The number of methoxy groups -OCH3 is 1. The molecule has 2 aromatic rings. The molecular formula is C15H20N4O. The maximum absolute atomic E-state index is 5.18. The Balaban J connectivity index is 2.39. The lowest BCUT2D eigenvalue weighted by molar-refractivity contribution is 0.415. The van der Waals surface area contributed by atoms with E-state index in [0.717, 1.165) is 35.1 Å². The minimum atomic E-state index is 0.844. The van der Waals surface area contributed by atoms with Crippen LogP contribution in [-0.4, -0.2) is 31.2 Å². The molecule has 0 atom stereocenters. The van der Waals surface area contributed by atoms with Gasteiger partial charge in [-0.15, -0.1) is 0 Å². The summed E-state index contributed by atoms with van der Waals surface area (Å²) in [6.45, 7) is 2.10. The zero-order valence-electron chi connectivity index (χ0n) is 12.3. The van der Waals surface area contributed by atoms with Gasteiger partial charge in [0.1, 0.15) is 23.7 Å². The minimum Gasteiger partial charge on any atom is -0.497 e. The number of hydrogen-bond acceptors (Lipinski definition) is 5. The Morgan fingerprint density at radius 1 is 1.20 bits per heavy atom. The predicted molar refractivity (Wildman–Crippen MR) is 82.0 cm³/mol. The normalized spacial score (nSPS) is 10.2. The number of benzene rings is 1. The fourth-order valence-corrected chi connectivity index (χ4v) is 2.16. The van der Waals surface area contributed by atoms with Gasteiger partial charge in [0.05, 0.1) is 7.11 Å². The molecule has 106 valence electrons. The third-order valence-corrected chi connectivity index (χ3v) is 3.29. The van der Waals surface area contributed by atoms with Gasteiger partial charge in [-0.2, -0.15) is 0 Å². The predicted octanol–water partition coefficient (Wildman–Crippen LogP) is 2.86. The van der Waals surface area contributed by atoms with Crippen LogP contribution in [0.1, 0.15) is 12.5 Å². The van der Waals surface area contributed by atoms with Gasteiger partial charge in [-0.25, -0.2) is 9.97 Å². The zero-order chi connectivity index (χ0) is 14.5. The Morgan fingerprint density at radius 3 is 2.45 bits per heavy atom. The summed E-state index contributed by atoms with van der Waals surface area (Å²) in [5.74, 6) is 2.63. The molecule has 5 heteroatoms. The Labute approximate surface area is 119 Å². The van der Waals surface area contributed by atoms with E-state index in [9.17, 15) is 0 Å². The molecule has 1 aromatic carbocycles. The number of rotatable bonds is 5. The number of ether oxygens (including phenoxy) is 1. The van der Waals surface area contributed by atoms with Crippen molar-refractivity contribution in [3.05, 3.63) is 36.2 Å². The Kier molecular flexibility index (Phi) is 4.40. The van der Waals surface area contributed by atoms with Crippen molar-refractivity contribution in [1.82, 2.24) is 9.97 Å². The van der Waals surface area contributed by atoms with E-state index >= 15 is 0 Å². The van der Waals surface area contributed by atoms with Crippen LogP contribution in [0.3, 0.4) is 0 Å². The number of aromatic nitrogens is 2. The number of nitrogens with zero attached hydrogens (tertiary/aromatic N) is 3. The van der Waals surface area contributed by atoms with Crippen LogP contribution < -0.4 is 15.0 Å². The van der Waals surface area contributed by atoms with Gasteiger partial charge < -0.3 is 15.0 Å². The van der Waals surface area contributed by atoms with Crippen LogP contribution >= 0.6 is 0 Å². The maximum atomic E-state index is 5.18. The van der Waals surface area contributed by atoms with E-state index in [0.29, 0.717) is 0 Å². The molecule has 0 saturated carbocycles. The average molecular weight is 272 g/mol. The van der Waals surface area contributed by atoms with Crippen LogP contribution in [0.2, 0.25) is 0 Å². The maximum Gasteiger partial charge on any atom is 0.141 e. The Morgan fingerprint density at radius 2 is 1.90 bits per heavy atom. The zero-order valence-corrected chi connectivity index (χ0v) is 12.3. The minimum absolute atomic E-state index is 0.844. The van der Waals surface area contributed by atoms with Crippen LogP contribution in [0, 0.1) is 0 Å². The topological polar surface area (TPSA) is 50.3 Å². The molecule has 1 heterocycles. The molecule has 0 aliphatic carbocycles. The van der Waals surface area contributed by atoms with Gasteiger partial charge in [-0.3, -0.25) is 0 Å². The van der Waals surface area contributed by atoms with Crippen LogP contribution in [0.5, 0.6) is 5.75 Å². The highest BCUT2D eigenvalue weighted by atomic mass is 16.5. The highest BCUT2D eigenvalue weighted by Gasteiger charge is 2.14. The Hall–Kier alpha value is -2.30. The first-order chi connectivity index (χ1) is 9.71. The van der Waals surface area contributed by atoms with Crippen molar-refractivity contribution >= 4 is 17.3 Å². The molecule has 0 aliphatic heterocycles. The summed E-state index contributed by atoms with van der Waals surface area (Å²) < 4.78 is 5.18. The van der Waals surface area contributed by atoms with E-state index in [1.54, 1.807) is 13.4 Å². The highest BCUT2D eigenvalue weighted by Crippen LogP contribution is 2.29. The fourth-order valence-electron chi connectivity index (χ4n) is 2.16. The Bertz CT molecular complexity index is 569. The molecule has 0 aliphatic rings. The van der Waals surface area contributed by atoms with E-state index in [2.05, 4.69) is 27.1 Å². The largest absolute Gasteiger partial charge is 0.497 e. The molecule has 0 spiro atoms. The first-order valence-corrected chi connectivity index (χ1v) is 6.60. The average Bonchev–Trinajstić information content (AvgIpc) is 2.53. The lowest BCUT2D eigenvalue weighted by atomic mass is 10.2. The molecule has 0 fully saturated rings. The SMILES string of the molecule is CCc1c(NC)ncnc1N(C)c1ccc(OC)cc1. The summed E-state index contributed by atoms with van der Waals surface area (Å²) in [6, 6.07) is 7.91. The van der Waals surface area contributed by atoms with E-state index in [4.69, 9.17) is 4.74 Å². The van der Waals surface area contributed by atoms with Crippen molar-refractivity contribution in [2.45, 2.75) is 13.3 Å². The third-order valence-electron chi connectivity index (χ3n) is 3.29. The molecule has 5 nitrogen and oxygen atoms in total. The van der Waals surface area contributed by atoms with Crippen molar-refractivity contribution in [2.75, 3.05) is 31.4 Å². The monoisotopic (exact) mass is 272 g/mol. The first kappa shape index (κ1) is 14.1. The highest BCUT2D eigenvalue weighted by molar-refractivity contribution is 5.67. The molecule has 20 heavy (non-hydrogen) atoms. The van der Waals surface area contributed by atoms with Gasteiger partial charge in [0.15, 0.2) is 0 Å². The van der Waals surface area contributed by atoms with Gasteiger partial charge >= 0.3 is 0 Å². The van der Waals surface area contributed by atoms with Gasteiger partial charge in [0.25, 0.3) is 0 Å². The summed E-state index contributed by atoms with van der Waals surface area (Å²) in [5, 5.41) is 3.11. The molecule has 0 radical (unpaired) electrons. The first-order valence-electron chi connectivity index (χ1n) is 6.60. The fraction of sp³-hybridized carbons (Fsp3) is 0.333. The van der Waals surface area contributed by atoms with Crippen molar-refractivity contribution in [1.29, 1.82) is 0 Å². The van der Waals surface area contributed by atoms with Crippen molar-refractivity contribution in [2.24, 2.45) is 0 Å². The molecular weight excluding hydrogens is 252 g/mol. The van der Waals surface area contributed by atoms with Crippen LogP contribution in [-0.2, 0) is 6.42 Å². The summed E-state index contributed by atoms with van der Waals surface area (Å²) in [7, 11) is 5.54. The second-order valence-electron chi connectivity index (χ2n) is 4.39. The molecule has 0 amide bonds. The molecule has 1 N–H and O–H groups in total. The number of hydrogen-bond donors (Lipinski definition) is 1. The standard InChI is InChI=1S/C15H20N4O/c1-5-13-14(16-2)17-10-18-15(13)19(3)11-6-8-12(20-4)9-7-11/h6-10H,5H2,1-4H3,(H,16,17,18). The smallest absolute Gasteiger partial charge is 0.141 e. The number of anilines is 3. The van der Waals surface area contributed by atoms with Gasteiger partial charge in [-0.1, -0.05) is 6.92 Å². The summed E-state index contributed by atoms with van der Waals surface area (Å²) in [6.07, 6.45) is 2.45. The van der Waals surface area contributed by atoms with Crippen LogP contribution in [0.4, 0.5) is 17.3 Å². The second kappa shape index (κ2) is 6.23. The summed E-state index contributed by atoms with van der Waals surface area (Å²) in [4.78, 5) is 10.7. The van der Waals surface area contributed by atoms with Gasteiger partial charge in [0.2, 0.25) is 0 Å². The van der Waals surface area contributed by atoms with Gasteiger partial charge in [0, 0.05) is 25.3 Å². The molecule has 0 unspecified atom stereocenters. The molecule has 0 bridgehead atoms. The van der Waals surface area contributed by atoms with Crippen molar-refractivity contribution < 1.29 is 4.74 Å². The summed E-state index contributed by atoms with van der Waals surface area (Å²) >= 11 is 0. The van der Waals surface area contributed by atoms with Crippen molar-refractivity contribution in [3.63, 3.8) is 0 Å². The molecule has 1 aromatic heterocycles. The van der Waals surface area contributed by atoms with E-state index in [1.165, 1.54) is 0 Å². The number of nitrogens with one attached hydrogen (secondary N) is 1. The third kappa shape index (κ3) is 2.66. The quantitative estimate of drug-likeness (QED) is 0.907. The molecule has 2 rings (SSSR count). The van der Waals surface area contributed by atoms with E-state index in [1.807, 2.05) is 38.4 Å². The summed E-state index contributed by atoms with van der Waals surface area (Å²) in [5.41, 5.74) is 2.16. The molecule has 0 saturated heterocycles. The van der Waals surface area contributed by atoms with Crippen LogP contribution in [0.15, 0.2) is 30.6 Å².